The van der Waals surface area contributed by atoms with Crippen LogP contribution in [0.1, 0.15) is 51.2 Å². The van der Waals surface area contributed by atoms with Crippen LogP contribution in [-0.4, -0.2) is 35.9 Å². The largest absolute Gasteiger partial charge is 0.483 e. The molecule has 1 N–H and O–H groups in total. The molecule has 1 unspecified atom stereocenters. The molecule has 0 heterocycles. The number of para-hydroxylation sites is 1. The fourth-order valence-corrected chi connectivity index (χ4v) is 3.08. The van der Waals surface area contributed by atoms with Gasteiger partial charge in [0, 0.05) is 13.1 Å². The lowest BCUT2D eigenvalue weighted by atomic mass is 10.0. The summed E-state index contributed by atoms with van der Waals surface area (Å²) in [5.41, 5.74) is 1.76. The third kappa shape index (κ3) is 6.58. The number of benzene rings is 2. The predicted molar refractivity (Wildman–Crippen MR) is 116 cm³/mol. The molecular formula is C24H31FN2O3. The molecule has 5 nitrogen and oxygen atoms in total. The lowest BCUT2D eigenvalue weighted by Gasteiger charge is -2.29. The van der Waals surface area contributed by atoms with Gasteiger partial charge in [0.15, 0.2) is 6.61 Å². The van der Waals surface area contributed by atoms with E-state index >= 15 is 0 Å². The van der Waals surface area contributed by atoms with Crippen molar-refractivity contribution in [1.82, 2.24) is 10.2 Å². The zero-order valence-electron chi connectivity index (χ0n) is 18.2. The van der Waals surface area contributed by atoms with Gasteiger partial charge in [-0.2, -0.15) is 0 Å². The summed E-state index contributed by atoms with van der Waals surface area (Å²) < 4.78 is 19.1. The molecule has 0 fully saturated rings. The molecule has 0 radical (unpaired) electrons. The van der Waals surface area contributed by atoms with Crippen LogP contribution in [0.4, 0.5) is 4.39 Å². The van der Waals surface area contributed by atoms with Gasteiger partial charge in [0.1, 0.15) is 17.6 Å². The fourth-order valence-electron chi connectivity index (χ4n) is 3.08. The van der Waals surface area contributed by atoms with Crippen LogP contribution in [0, 0.1) is 5.82 Å². The zero-order chi connectivity index (χ0) is 22.1. The van der Waals surface area contributed by atoms with Crippen molar-refractivity contribution in [2.45, 2.75) is 52.6 Å². The highest BCUT2D eigenvalue weighted by Gasteiger charge is 2.26. The Hall–Kier alpha value is -2.89. The quantitative estimate of drug-likeness (QED) is 0.632. The highest BCUT2D eigenvalue weighted by atomic mass is 19.1. The Morgan fingerprint density at radius 2 is 1.73 bits per heavy atom. The normalized spacial score (nSPS) is 11.8. The Labute approximate surface area is 178 Å². The molecule has 2 amide bonds. The summed E-state index contributed by atoms with van der Waals surface area (Å²) in [7, 11) is 0. The number of rotatable bonds is 10. The second kappa shape index (κ2) is 11.3. The van der Waals surface area contributed by atoms with Crippen LogP contribution < -0.4 is 10.1 Å². The number of nitrogens with one attached hydrogen (secondary N) is 1. The number of ether oxygens (including phenoxy) is 1. The van der Waals surface area contributed by atoms with Gasteiger partial charge in [-0.1, -0.05) is 51.1 Å². The number of halogens is 1. The van der Waals surface area contributed by atoms with Crippen LogP contribution in [0.15, 0.2) is 48.5 Å². The van der Waals surface area contributed by atoms with Crippen molar-refractivity contribution >= 4 is 11.8 Å². The third-order valence-corrected chi connectivity index (χ3v) is 4.87. The maximum absolute atomic E-state index is 13.3. The average Bonchev–Trinajstić information content (AvgIpc) is 2.75. The Morgan fingerprint density at radius 3 is 2.37 bits per heavy atom. The molecule has 0 aliphatic carbocycles. The predicted octanol–water partition coefficient (Wildman–Crippen LogP) is 4.27. The number of nitrogens with zero attached hydrogens (tertiary/aromatic N) is 1. The van der Waals surface area contributed by atoms with E-state index in [0.29, 0.717) is 12.3 Å². The van der Waals surface area contributed by atoms with Crippen LogP contribution in [0.25, 0.3) is 0 Å². The standard InChI is InChI=1S/C24H31FN2O3/c1-5-14-26-24(29)18(4)27(15-19-10-12-20(25)13-11-19)23(28)16-30-22-9-7-6-8-21(22)17(2)3/h6-13,17-18H,5,14-16H2,1-4H3,(H,26,29). The Bertz CT molecular complexity index is 837. The van der Waals surface area contributed by atoms with Gasteiger partial charge in [-0.25, -0.2) is 4.39 Å². The first kappa shape index (κ1) is 23.4. The Morgan fingerprint density at radius 1 is 1.07 bits per heavy atom. The van der Waals surface area contributed by atoms with E-state index in [0.717, 1.165) is 17.5 Å². The topological polar surface area (TPSA) is 58.6 Å². The zero-order valence-corrected chi connectivity index (χ0v) is 18.2. The molecule has 0 bridgehead atoms. The van der Waals surface area contributed by atoms with Crippen LogP contribution in [0.3, 0.4) is 0 Å². The van der Waals surface area contributed by atoms with Crippen molar-refractivity contribution in [2.75, 3.05) is 13.2 Å². The number of amides is 2. The van der Waals surface area contributed by atoms with Gasteiger partial charge < -0.3 is 15.0 Å². The number of hydrogen-bond donors (Lipinski definition) is 1. The van der Waals surface area contributed by atoms with Gasteiger partial charge in [-0.3, -0.25) is 9.59 Å². The van der Waals surface area contributed by atoms with Crippen LogP contribution in [-0.2, 0) is 16.1 Å². The van der Waals surface area contributed by atoms with E-state index in [9.17, 15) is 14.0 Å². The van der Waals surface area contributed by atoms with Crippen molar-refractivity contribution in [1.29, 1.82) is 0 Å². The van der Waals surface area contributed by atoms with Gasteiger partial charge in [-0.05, 0) is 48.6 Å². The van der Waals surface area contributed by atoms with Crippen molar-refractivity contribution < 1.29 is 18.7 Å². The second-order valence-electron chi connectivity index (χ2n) is 7.60. The molecule has 0 spiro atoms. The van der Waals surface area contributed by atoms with Gasteiger partial charge in [0.2, 0.25) is 5.91 Å². The molecule has 6 heteroatoms. The molecule has 2 aromatic carbocycles. The molecule has 30 heavy (non-hydrogen) atoms. The minimum absolute atomic E-state index is 0.184. The van der Waals surface area contributed by atoms with E-state index in [-0.39, 0.29) is 36.7 Å². The molecule has 0 saturated carbocycles. The Balaban J connectivity index is 2.16. The first-order chi connectivity index (χ1) is 14.3. The lowest BCUT2D eigenvalue weighted by Crippen LogP contribution is -2.49. The first-order valence-electron chi connectivity index (χ1n) is 10.4. The summed E-state index contributed by atoms with van der Waals surface area (Å²) in [5, 5.41) is 2.83. The summed E-state index contributed by atoms with van der Waals surface area (Å²) in [6, 6.07) is 12.8. The summed E-state index contributed by atoms with van der Waals surface area (Å²) in [6.45, 7) is 8.32. The molecule has 0 aromatic heterocycles. The van der Waals surface area contributed by atoms with Crippen molar-refractivity contribution in [3.05, 3.63) is 65.5 Å². The van der Waals surface area contributed by atoms with E-state index < -0.39 is 6.04 Å². The molecule has 0 aliphatic heterocycles. The smallest absolute Gasteiger partial charge is 0.261 e. The lowest BCUT2D eigenvalue weighted by molar-refractivity contribution is -0.142. The maximum atomic E-state index is 13.3. The maximum Gasteiger partial charge on any atom is 0.261 e. The van der Waals surface area contributed by atoms with Crippen molar-refractivity contribution in [2.24, 2.45) is 0 Å². The molecule has 162 valence electrons. The molecule has 0 aliphatic rings. The van der Waals surface area contributed by atoms with Crippen molar-refractivity contribution in [3.8, 4) is 5.75 Å². The Kier molecular flexibility index (Phi) is 8.84. The minimum Gasteiger partial charge on any atom is -0.483 e. The van der Waals surface area contributed by atoms with Crippen LogP contribution >= 0.6 is 0 Å². The van der Waals surface area contributed by atoms with Gasteiger partial charge in [0.05, 0.1) is 0 Å². The highest BCUT2D eigenvalue weighted by Crippen LogP contribution is 2.26. The van der Waals surface area contributed by atoms with E-state index in [2.05, 4.69) is 19.2 Å². The highest BCUT2D eigenvalue weighted by molar-refractivity contribution is 5.87. The number of carbonyl (C=O) groups is 2. The summed E-state index contributed by atoms with van der Waals surface area (Å²) in [5.74, 6) is 0.0296. The van der Waals surface area contributed by atoms with Gasteiger partial charge >= 0.3 is 0 Å². The van der Waals surface area contributed by atoms with E-state index in [4.69, 9.17) is 4.74 Å². The summed E-state index contributed by atoms with van der Waals surface area (Å²) in [4.78, 5) is 27.0. The monoisotopic (exact) mass is 414 g/mol. The molecule has 0 saturated heterocycles. The first-order valence-corrected chi connectivity index (χ1v) is 10.4. The SMILES string of the molecule is CCCNC(=O)C(C)N(Cc1ccc(F)cc1)C(=O)COc1ccccc1C(C)C. The number of carbonyl (C=O) groups excluding carboxylic acids is 2. The molecular weight excluding hydrogens is 383 g/mol. The molecule has 2 rings (SSSR count). The average molecular weight is 415 g/mol. The van der Waals surface area contributed by atoms with Crippen LogP contribution in [0.5, 0.6) is 5.75 Å². The second-order valence-corrected chi connectivity index (χ2v) is 7.60. The van der Waals surface area contributed by atoms with Crippen molar-refractivity contribution in [3.63, 3.8) is 0 Å². The third-order valence-electron chi connectivity index (χ3n) is 4.87. The molecule has 2 aromatic rings. The summed E-state index contributed by atoms with van der Waals surface area (Å²) in [6.07, 6.45) is 0.805. The van der Waals surface area contributed by atoms with Crippen LogP contribution in [0.2, 0.25) is 0 Å². The fraction of sp³-hybridized carbons (Fsp3) is 0.417. The van der Waals surface area contributed by atoms with Gasteiger partial charge in [0.25, 0.3) is 5.91 Å². The van der Waals surface area contributed by atoms with Gasteiger partial charge in [-0.15, -0.1) is 0 Å². The minimum atomic E-state index is -0.682. The number of hydrogen-bond acceptors (Lipinski definition) is 3. The summed E-state index contributed by atoms with van der Waals surface area (Å²) >= 11 is 0. The molecule has 1 atom stereocenters. The van der Waals surface area contributed by atoms with E-state index in [1.165, 1.54) is 17.0 Å². The van der Waals surface area contributed by atoms with E-state index in [1.54, 1.807) is 19.1 Å². The van der Waals surface area contributed by atoms with E-state index in [1.807, 2.05) is 31.2 Å².